The van der Waals surface area contributed by atoms with Crippen molar-refractivity contribution in [1.29, 1.82) is 0 Å². The van der Waals surface area contributed by atoms with Crippen LogP contribution in [0.15, 0.2) is 17.3 Å². The molecule has 0 amide bonds. The molecule has 1 aromatic heterocycles. The molecule has 6 atom stereocenters. The molecule has 3 heterocycles. The van der Waals surface area contributed by atoms with E-state index in [1.807, 2.05) is 13.1 Å². The first-order valence-electron chi connectivity index (χ1n) is 9.32. The normalized spacial score (nSPS) is 33.7. The van der Waals surface area contributed by atoms with E-state index in [1.54, 1.807) is 13.1 Å². The van der Waals surface area contributed by atoms with Crippen LogP contribution in [-0.4, -0.2) is 46.9 Å². The Morgan fingerprint density at radius 1 is 1.38 bits per heavy atom. The molecule has 3 aliphatic rings. The summed E-state index contributed by atoms with van der Waals surface area (Å²) in [5, 5.41) is 11.6. The predicted octanol–water partition coefficient (Wildman–Crippen LogP) is 1.29. The van der Waals surface area contributed by atoms with Crippen molar-refractivity contribution in [2.45, 2.75) is 69.5 Å². The summed E-state index contributed by atoms with van der Waals surface area (Å²) in [7, 11) is -3.28. The van der Waals surface area contributed by atoms with Crippen molar-refractivity contribution in [3.63, 3.8) is 0 Å². The van der Waals surface area contributed by atoms with E-state index in [0.29, 0.717) is 12.3 Å². The minimum absolute atomic E-state index is 0.00587. The molecular formula is C17H26N6O2S. The van der Waals surface area contributed by atoms with Crippen LogP contribution in [-0.2, 0) is 10.0 Å². The molecule has 1 aliphatic carbocycles. The third kappa shape index (κ3) is 2.87. The Morgan fingerprint density at radius 3 is 2.96 bits per heavy atom. The highest BCUT2D eigenvalue weighted by molar-refractivity contribution is 7.90. The summed E-state index contributed by atoms with van der Waals surface area (Å²) in [6.07, 6.45) is 7.95. The van der Waals surface area contributed by atoms with Crippen LogP contribution in [0.4, 0.5) is 0 Å². The fraction of sp³-hybridized carbons (Fsp3) is 0.706. The maximum Gasteiger partial charge on any atom is 0.214 e. The van der Waals surface area contributed by atoms with Gasteiger partial charge in [0.2, 0.25) is 10.0 Å². The van der Waals surface area contributed by atoms with Gasteiger partial charge in [0.1, 0.15) is 12.0 Å². The van der Waals surface area contributed by atoms with Gasteiger partial charge >= 0.3 is 0 Å². The molecule has 0 radical (unpaired) electrons. The van der Waals surface area contributed by atoms with Crippen molar-refractivity contribution in [3.8, 4) is 0 Å². The van der Waals surface area contributed by atoms with Gasteiger partial charge in [-0.1, -0.05) is 13.8 Å². The third-order valence-corrected chi connectivity index (χ3v) is 7.98. The van der Waals surface area contributed by atoms with Crippen LogP contribution in [0.3, 0.4) is 0 Å². The maximum absolute atomic E-state index is 12.4. The van der Waals surface area contributed by atoms with Crippen LogP contribution in [0.1, 0.15) is 63.6 Å². The summed E-state index contributed by atoms with van der Waals surface area (Å²) in [4.78, 5) is 4.47. The molecule has 0 aromatic carbocycles. The molecule has 9 heteroatoms. The Balaban J connectivity index is 1.56. The zero-order valence-corrected chi connectivity index (χ0v) is 16.1. The molecule has 1 fully saturated rings. The summed E-state index contributed by atoms with van der Waals surface area (Å²) in [5.74, 6) is 2.23. The van der Waals surface area contributed by atoms with Gasteiger partial charge in [-0.15, -0.1) is 10.2 Å². The van der Waals surface area contributed by atoms with Crippen LogP contribution in [0.25, 0.3) is 0 Å². The van der Waals surface area contributed by atoms with Crippen LogP contribution in [0.2, 0.25) is 0 Å². The second kappa shape index (κ2) is 6.45. The highest BCUT2D eigenvalue weighted by Crippen LogP contribution is 2.41. The quantitative estimate of drug-likeness (QED) is 0.804. The fourth-order valence-corrected chi connectivity index (χ4v) is 5.52. The van der Waals surface area contributed by atoms with E-state index < -0.39 is 10.0 Å². The molecule has 1 saturated carbocycles. The summed E-state index contributed by atoms with van der Waals surface area (Å²) in [5.41, 5.74) is 0. The molecule has 26 heavy (non-hydrogen) atoms. The first-order valence-corrected chi connectivity index (χ1v) is 10.9. The van der Waals surface area contributed by atoms with E-state index in [-0.39, 0.29) is 29.4 Å². The Bertz CT molecular complexity index is 845. The Labute approximate surface area is 154 Å². The topological polar surface area (TPSA) is 101 Å². The predicted molar refractivity (Wildman–Crippen MR) is 99.5 cm³/mol. The van der Waals surface area contributed by atoms with E-state index in [4.69, 9.17) is 0 Å². The number of sulfonamides is 1. The van der Waals surface area contributed by atoms with Crippen molar-refractivity contribution in [3.05, 3.63) is 23.9 Å². The first kappa shape index (κ1) is 17.7. The van der Waals surface area contributed by atoms with Crippen molar-refractivity contribution in [2.75, 3.05) is 0 Å². The molecule has 142 valence electrons. The van der Waals surface area contributed by atoms with Crippen LogP contribution in [0, 0.1) is 5.92 Å². The number of rotatable bonds is 5. The van der Waals surface area contributed by atoms with Gasteiger partial charge in [-0.25, -0.2) is 13.1 Å². The Hall–Kier alpha value is -1.74. The van der Waals surface area contributed by atoms with E-state index in [1.165, 1.54) is 0 Å². The molecule has 0 bridgehead atoms. The molecule has 4 unspecified atom stereocenters. The van der Waals surface area contributed by atoms with Gasteiger partial charge in [0.05, 0.1) is 17.5 Å². The van der Waals surface area contributed by atoms with Gasteiger partial charge in [-0.05, 0) is 44.4 Å². The van der Waals surface area contributed by atoms with Crippen molar-refractivity contribution < 1.29 is 8.42 Å². The van der Waals surface area contributed by atoms with Crippen LogP contribution in [0.5, 0.6) is 0 Å². The number of nitrogens with zero attached hydrogens (tertiary/aromatic N) is 4. The summed E-state index contributed by atoms with van der Waals surface area (Å²) >= 11 is 0. The number of aliphatic imine (C=N–C) groups is 1. The third-order valence-electron chi connectivity index (χ3n) is 5.93. The molecule has 2 N–H and O–H groups in total. The molecule has 0 saturated heterocycles. The van der Waals surface area contributed by atoms with Crippen LogP contribution >= 0.6 is 0 Å². The zero-order chi connectivity index (χ0) is 18.5. The van der Waals surface area contributed by atoms with Crippen molar-refractivity contribution in [2.24, 2.45) is 10.9 Å². The monoisotopic (exact) mass is 378 g/mol. The average molecular weight is 379 g/mol. The van der Waals surface area contributed by atoms with Gasteiger partial charge in [0.15, 0.2) is 5.82 Å². The maximum atomic E-state index is 12.4. The highest BCUT2D eigenvalue weighted by Gasteiger charge is 2.40. The minimum atomic E-state index is -3.28. The standard InChI is InChI=1S/C17H26N6O2S/c1-4-11(3)26(24,25)22-12-7-10(2)13(8-12)17-21-20-15-9-19-16-14(23(15)17)5-6-18-16/h5-6,9-14,16,18,22H,4,7-8H2,1-3H3/t10-,11?,12?,13+,14?,16?/m1/s1. The lowest BCUT2D eigenvalue weighted by Gasteiger charge is -2.26. The van der Waals surface area contributed by atoms with Gasteiger partial charge in [0.25, 0.3) is 0 Å². The van der Waals surface area contributed by atoms with Gasteiger partial charge in [0, 0.05) is 12.0 Å². The van der Waals surface area contributed by atoms with Crippen molar-refractivity contribution >= 4 is 16.2 Å². The summed E-state index contributed by atoms with van der Waals surface area (Å²) in [6.45, 7) is 5.82. The van der Waals surface area contributed by atoms with E-state index in [2.05, 4.69) is 42.8 Å². The number of hydrogen-bond donors (Lipinski definition) is 2. The van der Waals surface area contributed by atoms with Crippen LogP contribution < -0.4 is 10.0 Å². The minimum Gasteiger partial charge on any atom is -0.368 e. The van der Waals surface area contributed by atoms with E-state index >= 15 is 0 Å². The van der Waals surface area contributed by atoms with Crippen molar-refractivity contribution in [1.82, 2.24) is 24.8 Å². The number of fused-ring (bicyclic) bond motifs is 3. The smallest absolute Gasteiger partial charge is 0.214 e. The molecule has 2 aliphatic heterocycles. The molecule has 8 nitrogen and oxygen atoms in total. The Morgan fingerprint density at radius 2 is 2.19 bits per heavy atom. The lowest BCUT2D eigenvalue weighted by molar-refractivity contribution is 0.421. The molecular weight excluding hydrogens is 352 g/mol. The van der Waals surface area contributed by atoms with Gasteiger partial charge < -0.3 is 5.32 Å². The number of nitrogens with one attached hydrogen (secondary N) is 2. The molecule has 4 rings (SSSR count). The van der Waals surface area contributed by atoms with Gasteiger partial charge in [-0.2, -0.15) is 0 Å². The largest absolute Gasteiger partial charge is 0.368 e. The molecule has 0 spiro atoms. The van der Waals surface area contributed by atoms with Gasteiger partial charge in [-0.3, -0.25) is 9.56 Å². The SMILES string of the molecule is CCC(C)S(=O)(=O)NC1C[C@@H](C)[C@@H](c2nnc3n2C2C=CNC2N=C3)C1. The first-order chi connectivity index (χ1) is 12.4. The Kier molecular flexibility index (Phi) is 4.38. The van der Waals surface area contributed by atoms with E-state index in [9.17, 15) is 8.42 Å². The second-order valence-electron chi connectivity index (χ2n) is 7.66. The highest BCUT2D eigenvalue weighted by atomic mass is 32.2. The zero-order valence-electron chi connectivity index (χ0n) is 15.3. The second-order valence-corrected chi connectivity index (χ2v) is 9.79. The summed E-state index contributed by atoms with van der Waals surface area (Å²) < 4.78 is 29.9. The lowest BCUT2D eigenvalue weighted by atomic mass is 9.96. The summed E-state index contributed by atoms with van der Waals surface area (Å²) in [6, 6.07) is 0.0373. The lowest BCUT2D eigenvalue weighted by Crippen LogP contribution is -2.38. The fourth-order valence-electron chi connectivity index (χ4n) is 4.20. The van der Waals surface area contributed by atoms with E-state index in [0.717, 1.165) is 24.5 Å². The number of hydrogen-bond acceptors (Lipinski definition) is 6. The molecule has 1 aromatic rings. The average Bonchev–Trinajstić information content (AvgIpc) is 3.30. The number of aromatic nitrogens is 3.